The highest BCUT2D eigenvalue weighted by Crippen LogP contribution is 2.04. The first-order valence-electron chi connectivity index (χ1n) is 7.21. The monoisotopic (exact) mass is 303 g/mol. The molecular formula is C17H21NO2S. The standard InChI is InChI=1S/C17H21NO2S/c19-21(20,15-7-12-16-8-3-1-4-9-16)18-14-13-17-10-5-2-6-11-17/h1-6,8-11,18H,7,12-15H2. The minimum atomic E-state index is -3.17. The van der Waals surface area contributed by atoms with Crippen molar-refractivity contribution in [1.29, 1.82) is 0 Å². The summed E-state index contributed by atoms with van der Waals surface area (Å²) in [6, 6.07) is 19.8. The van der Waals surface area contributed by atoms with Gasteiger partial charge in [0.25, 0.3) is 0 Å². The van der Waals surface area contributed by atoms with E-state index >= 15 is 0 Å². The molecule has 2 rings (SSSR count). The van der Waals surface area contributed by atoms with Crippen molar-refractivity contribution in [3.05, 3.63) is 71.8 Å². The van der Waals surface area contributed by atoms with Crippen LogP contribution >= 0.6 is 0 Å². The summed E-state index contributed by atoms with van der Waals surface area (Å²) < 4.78 is 26.5. The summed E-state index contributed by atoms with van der Waals surface area (Å²) >= 11 is 0. The largest absolute Gasteiger partial charge is 0.215 e. The van der Waals surface area contributed by atoms with Crippen molar-refractivity contribution in [2.75, 3.05) is 12.3 Å². The molecule has 0 fully saturated rings. The van der Waals surface area contributed by atoms with E-state index in [1.54, 1.807) is 0 Å². The van der Waals surface area contributed by atoms with Crippen molar-refractivity contribution >= 4 is 10.0 Å². The number of benzene rings is 2. The number of aryl methyl sites for hydroxylation is 1. The summed E-state index contributed by atoms with van der Waals surface area (Å²) in [7, 11) is -3.17. The average molecular weight is 303 g/mol. The van der Waals surface area contributed by atoms with Crippen molar-refractivity contribution in [3.63, 3.8) is 0 Å². The molecule has 0 heterocycles. The van der Waals surface area contributed by atoms with E-state index < -0.39 is 10.0 Å². The molecule has 21 heavy (non-hydrogen) atoms. The van der Waals surface area contributed by atoms with Crippen molar-refractivity contribution in [1.82, 2.24) is 4.72 Å². The Bertz CT molecular complexity index is 573. The fourth-order valence-corrected chi connectivity index (χ4v) is 3.26. The van der Waals surface area contributed by atoms with E-state index in [0.717, 1.165) is 18.4 Å². The summed E-state index contributed by atoms with van der Waals surface area (Å²) in [6.07, 6.45) is 2.16. The van der Waals surface area contributed by atoms with Gasteiger partial charge in [0, 0.05) is 6.54 Å². The Balaban J connectivity index is 1.70. The van der Waals surface area contributed by atoms with E-state index in [4.69, 9.17) is 0 Å². The predicted octanol–water partition coefficient (Wildman–Crippen LogP) is 2.78. The second-order valence-electron chi connectivity index (χ2n) is 5.04. The smallest absolute Gasteiger partial charge is 0.211 e. The molecule has 0 aliphatic carbocycles. The maximum Gasteiger partial charge on any atom is 0.211 e. The average Bonchev–Trinajstić information content (AvgIpc) is 2.49. The molecule has 0 atom stereocenters. The van der Waals surface area contributed by atoms with E-state index in [1.165, 1.54) is 5.56 Å². The summed E-state index contributed by atoms with van der Waals surface area (Å²) in [4.78, 5) is 0. The predicted molar refractivity (Wildman–Crippen MR) is 86.7 cm³/mol. The molecule has 0 spiro atoms. The molecule has 2 aromatic rings. The summed E-state index contributed by atoms with van der Waals surface area (Å²) in [5.41, 5.74) is 2.32. The van der Waals surface area contributed by atoms with Crippen LogP contribution in [0.1, 0.15) is 17.5 Å². The Morgan fingerprint density at radius 3 is 1.86 bits per heavy atom. The first-order chi connectivity index (χ1) is 10.2. The van der Waals surface area contributed by atoms with E-state index in [9.17, 15) is 8.42 Å². The zero-order valence-corrected chi connectivity index (χ0v) is 12.9. The van der Waals surface area contributed by atoms with Gasteiger partial charge in [-0.2, -0.15) is 0 Å². The number of sulfonamides is 1. The fraction of sp³-hybridized carbons (Fsp3) is 0.294. The Hall–Kier alpha value is -1.65. The third kappa shape index (κ3) is 6.10. The van der Waals surface area contributed by atoms with Crippen molar-refractivity contribution in [3.8, 4) is 0 Å². The van der Waals surface area contributed by atoms with E-state index in [-0.39, 0.29) is 5.75 Å². The molecule has 4 heteroatoms. The first kappa shape index (κ1) is 15.7. The van der Waals surface area contributed by atoms with Gasteiger partial charge in [-0.25, -0.2) is 13.1 Å². The Morgan fingerprint density at radius 1 is 0.762 bits per heavy atom. The van der Waals surface area contributed by atoms with Gasteiger partial charge >= 0.3 is 0 Å². The molecule has 0 radical (unpaired) electrons. The SMILES string of the molecule is O=S(=O)(CCCc1ccccc1)NCCc1ccccc1. The fourth-order valence-electron chi connectivity index (χ4n) is 2.18. The normalized spacial score (nSPS) is 11.4. The van der Waals surface area contributed by atoms with Crippen LogP contribution in [0.5, 0.6) is 0 Å². The van der Waals surface area contributed by atoms with Gasteiger partial charge in [-0.15, -0.1) is 0 Å². The number of nitrogens with one attached hydrogen (secondary N) is 1. The van der Waals surface area contributed by atoms with Gasteiger partial charge < -0.3 is 0 Å². The van der Waals surface area contributed by atoms with Gasteiger partial charge in [-0.3, -0.25) is 0 Å². The van der Waals surface area contributed by atoms with Gasteiger partial charge in [0.05, 0.1) is 5.75 Å². The zero-order chi connectivity index (χ0) is 15.0. The minimum Gasteiger partial charge on any atom is -0.215 e. The van der Waals surface area contributed by atoms with Gasteiger partial charge in [0.1, 0.15) is 0 Å². The second kappa shape index (κ2) is 7.96. The van der Waals surface area contributed by atoms with Crippen LogP contribution in [-0.2, 0) is 22.9 Å². The molecule has 0 bridgehead atoms. The van der Waals surface area contributed by atoms with Crippen LogP contribution < -0.4 is 4.72 Å². The molecule has 0 unspecified atom stereocenters. The maximum absolute atomic E-state index is 11.9. The van der Waals surface area contributed by atoms with Gasteiger partial charge in [-0.1, -0.05) is 60.7 Å². The van der Waals surface area contributed by atoms with Crippen LogP contribution in [0.4, 0.5) is 0 Å². The number of rotatable bonds is 8. The highest BCUT2D eigenvalue weighted by Gasteiger charge is 2.09. The van der Waals surface area contributed by atoms with Crippen molar-refractivity contribution < 1.29 is 8.42 Å². The Kier molecular flexibility index (Phi) is 5.96. The molecule has 0 amide bonds. The van der Waals surface area contributed by atoms with E-state index in [1.807, 2.05) is 60.7 Å². The van der Waals surface area contributed by atoms with Gasteiger partial charge in [-0.05, 0) is 30.4 Å². The summed E-state index contributed by atoms with van der Waals surface area (Å²) in [5, 5.41) is 0. The van der Waals surface area contributed by atoms with Crippen LogP contribution in [0.15, 0.2) is 60.7 Å². The lowest BCUT2D eigenvalue weighted by Gasteiger charge is -2.07. The molecule has 0 saturated heterocycles. The van der Waals surface area contributed by atoms with Gasteiger partial charge in [0.15, 0.2) is 0 Å². The summed E-state index contributed by atoms with van der Waals surface area (Å²) in [6.45, 7) is 0.456. The van der Waals surface area contributed by atoms with E-state index in [2.05, 4.69) is 4.72 Å². The van der Waals surface area contributed by atoms with Crippen LogP contribution in [0.3, 0.4) is 0 Å². The highest BCUT2D eigenvalue weighted by molar-refractivity contribution is 7.89. The van der Waals surface area contributed by atoms with Crippen LogP contribution in [0.25, 0.3) is 0 Å². The first-order valence-corrected chi connectivity index (χ1v) is 8.86. The lowest BCUT2D eigenvalue weighted by atomic mass is 10.1. The van der Waals surface area contributed by atoms with Crippen molar-refractivity contribution in [2.45, 2.75) is 19.3 Å². The van der Waals surface area contributed by atoms with Crippen molar-refractivity contribution in [2.24, 2.45) is 0 Å². The lowest BCUT2D eigenvalue weighted by Crippen LogP contribution is -2.28. The molecule has 112 valence electrons. The molecule has 0 saturated carbocycles. The second-order valence-corrected chi connectivity index (χ2v) is 6.96. The molecule has 0 aliphatic heterocycles. The van der Waals surface area contributed by atoms with Gasteiger partial charge in [0.2, 0.25) is 10.0 Å². The molecular weight excluding hydrogens is 282 g/mol. The van der Waals surface area contributed by atoms with Crippen LogP contribution in [0, 0.1) is 0 Å². The topological polar surface area (TPSA) is 46.2 Å². The Morgan fingerprint density at radius 2 is 1.29 bits per heavy atom. The van der Waals surface area contributed by atoms with Crippen LogP contribution in [0.2, 0.25) is 0 Å². The quantitative estimate of drug-likeness (QED) is 0.815. The minimum absolute atomic E-state index is 0.177. The van der Waals surface area contributed by atoms with E-state index in [0.29, 0.717) is 13.0 Å². The third-order valence-electron chi connectivity index (χ3n) is 3.30. The molecule has 3 nitrogen and oxygen atoms in total. The number of hydrogen-bond acceptors (Lipinski definition) is 2. The highest BCUT2D eigenvalue weighted by atomic mass is 32.2. The number of hydrogen-bond donors (Lipinski definition) is 1. The Labute approximate surface area is 127 Å². The zero-order valence-electron chi connectivity index (χ0n) is 12.0. The molecule has 0 aliphatic rings. The molecule has 0 aromatic heterocycles. The molecule has 1 N–H and O–H groups in total. The third-order valence-corrected chi connectivity index (χ3v) is 4.77. The molecule has 2 aromatic carbocycles. The van der Waals surface area contributed by atoms with Crippen LogP contribution in [-0.4, -0.2) is 20.7 Å². The summed E-state index contributed by atoms with van der Waals surface area (Å²) in [5.74, 6) is 0.177. The lowest BCUT2D eigenvalue weighted by molar-refractivity contribution is 0.579. The maximum atomic E-state index is 11.9.